The van der Waals surface area contributed by atoms with E-state index in [-0.39, 0.29) is 18.6 Å². The van der Waals surface area contributed by atoms with Crippen molar-refractivity contribution in [2.45, 2.75) is 39.7 Å². The summed E-state index contributed by atoms with van der Waals surface area (Å²) in [6.45, 7) is 6.95. The molecule has 0 aliphatic heterocycles. The van der Waals surface area contributed by atoms with Gasteiger partial charge in [-0.1, -0.05) is 0 Å². The summed E-state index contributed by atoms with van der Waals surface area (Å²) in [5.41, 5.74) is 1.59. The number of carbonyl (C=O) groups is 2. The van der Waals surface area contributed by atoms with Gasteiger partial charge in [0, 0.05) is 5.38 Å². The van der Waals surface area contributed by atoms with E-state index in [0.29, 0.717) is 10.8 Å². The SMILES string of the molecule is CCOC(=O)Cc1csc(NN=Cc2c(F)cc(C(=O)OC(C)(C)C)cc2F)n1. The average molecular weight is 425 g/mol. The van der Waals surface area contributed by atoms with Crippen LogP contribution in [0.15, 0.2) is 22.6 Å². The van der Waals surface area contributed by atoms with Crippen LogP contribution in [0.3, 0.4) is 0 Å². The molecule has 0 saturated carbocycles. The van der Waals surface area contributed by atoms with Gasteiger partial charge in [-0.25, -0.2) is 18.6 Å². The van der Waals surface area contributed by atoms with Crippen LogP contribution in [-0.2, 0) is 20.7 Å². The maximum absolute atomic E-state index is 14.2. The summed E-state index contributed by atoms with van der Waals surface area (Å²) in [7, 11) is 0. The van der Waals surface area contributed by atoms with Crippen LogP contribution in [0.4, 0.5) is 13.9 Å². The lowest BCUT2D eigenvalue weighted by molar-refractivity contribution is -0.142. The number of hydrogen-bond acceptors (Lipinski definition) is 8. The van der Waals surface area contributed by atoms with Gasteiger partial charge in [0.15, 0.2) is 0 Å². The van der Waals surface area contributed by atoms with E-state index in [2.05, 4.69) is 15.5 Å². The summed E-state index contributed by atoms with van der Waals surface area (Å²) in [6, 6.07) is 1.78. The fraction of sp³-hybridized carbons (Fsp3) is 0.368. The lowest BCUT2D eigenvalue weighted by Crippen LogP contribution is -2.24. The number of nitrogens with zero attached hydrogens (tertiary/aromatic N) is 2. The topological polar surface area (TPSA) is 89.9 Å². The number of nitrogens with one attached hydrogen (secondary N) is 1. The molecule has 1 heterocycles. The molecule has 156 valence electrons. The lowest BCUT2D eigenvalue weighted by atomic mass is 10.1. The molecule has 29 heavy (non-hydrogen) atoms. The maximum Gasteiger partial charge on any atom is 0.338 e. The predicted octanol–water partition coefficient (Wildman–Crippen LogP) is 3.93. The molecule has 1 aromatic heterocycles. The monoisotopic (exact) mass is 425 g/mol. The molecular formula is C19H21F2N3O4S. The van der Waals surface area contributed by atoms with E-state index in [9.17, 15) is 18.4 Å². The Morgan fingerprint density at radius 3 is 2.52 bits per heavy atom. The van der Waals surface area contributed by atoms with E-state index in [4.69, 9.17) is 9.47 Å². The number of hydrazone groups is 1. The molecule has 0 bridgehead atoms. The zero-order chi connectivity index (χ0) is 21.6. The summed E-state index contributed by atoms with van der Waals surface area (Å²) in [6.07, 6.45) is 0.959. The standard InChI is InChI=1S/C19H21F2N3O4S/c1-5-27-16(25)8-12-10-29-18(23-12)24-22-9-13-14(20)6-11(7-15(13)21)17(26)28-19(2,3)4/h6-7,9-10H,5,8H2,1-4H3,(H,23,24). The third-order valence-electron chi connectivity index (χ3n) is 3.25. The van der Waals surface area contributed by atoms with Crippen molar-refractivity contribution in [2.24, 2.45) is 5.10 Å². The molecule has 7 nitrogen and oxygen atoms in total. The van der Waals surface area contributed by atoms with Gasteiger partial charge in [0.1, 0.15) is 17.2 Å². The van der Waals surface area contributed by atoms with Crippen molar-refractivity contribution in [3.05, 3.63) is 46.0 Å². The first-order valence-corrected chi connectivity index (χ1v) is 9.58. The fourth-order valence-electron chi connectivity index (χ4n) is 2.11. The van der Waals surface area contributed by atoms with Gasteiger partial charge in [0.25, 0.3) is 0 Å². The van der Waals surface area contributed by atoms with Crippen molar-refractivity contribution in [1.29, 1.82) is 0 Å². The number of anilines is 1. The highest BCUT2D eigenvalue weighted by Gasteiger charge is 2.20. The summed E-state index contributed by atoms with van der Waals surface area (Å²) < 4.78 is 38.4. The highest BCUT2D eigenvalue weighted by Crippen LogP contribution is 2.19. The molecule has 0 atom stereocenters. The third-order valence-corrected chi connectivity index (χ3v) is 4.05. The van der Waals surface area contributed by atoms with E-state index >= 15 is 0 Å². The Balaban J connectivity index is 2.05. The van der Waals surface area contributed by atoms with Crippen molar-refractivity contribution >= 4 is 34.6 Å². The summed E-state index contributed by atoms with van der Waals surface area (Å²) in [5.74, 6) is -3.15. The van der Waals surface area contributed by atoms with E-state index in [0.717, 1.165) is 18.3 Å². The second-order valence-electron chi connectivity index (χ2n) is 6.85. The zero-order valence-electron chi connectivity index (χ0n) is 16.4. The van der Waals surface area contributed by atoms with E-state index < -0.39 is 34.7 Å². The van der Waals surface area contributed by atoms with Gasteiger partial charge in [-0.3, -0.25) is 10.2 Å². The first-order chi connectivity index (χ1) is 13.6. The molecule has 0 aliphatic carbocycles. The molecular weight excluding hydrogens is 404 g/mol. The van der Waals surface area contributed by atoms with Gasteiger partial charge in [-0.15, -0.1) is 11.3 Å². The van der Waals surface area contributed by atoms with E-state index in [1.54, 1.807) is 33.1 Å². The number of esters is 2. The van der Waals surface area contributed by atoms with Crippen LogP contribution in [0, 0.1) is 11.6 Å². The van der Waals surface area contributed by atoms with E-state index in [1.165, 1.54) is 11.3 Å². The Morgan fingerprint density at radius 1 is 1.28 bits per heavy atom. The molecule has 1 aromatic carbocycles. The zero-order valence-corrected chi connectivity index (χ0v) is 17.2. The largest absolute Gasteiger partial charge is 0.466 e. The van der Waals surface area contributed by atoms with Crippen LogP contribution in [0.1, 0.15) is 49.3 Å². The third kappa shape index (κ3) is 6.90. The van der Waals surface area contributed by atoms with Crippen molar-refractivity contribution in [3.8, 4) is 0 Å². The highest BCUT2D eigenvalue weighted by molar-refractivity contribution is 7.13. The van der Waals surface area contributed by atoms with Crippen LogP contribution in [-0.4, -0.2) is 35.3 Å². The minimum absolute atomic E-state index is 0.0190. The Morgan fingerprint density at radius 2 is 1.93 bits per heavy atom. The minimum Gasteiger partial charge on any atom is -0.466 e. The number of carbonyl (C=O) groups excluding carboxylic acids is 2. The van der Waals surface area contributed by atoms with Crippen LogP contribution in [0.5, 0.6) is 0 Å². The van der Waals surface area contributed by atoms with Crippen molar-refractivity contribution in [1.82, 2.24) is 4.98 Å². The molecule has 2 rings (SSSR count). The summed E-state index contributed by atoms with van der Waals surface area (Å²) in [4.78, 5) is 27.5. The number of benzene rings is 1. The molecule has 0 unspecified atom stereocenters. The normalized spacial score (nSPS) is 11.5. The van der Waals surface area contributed by atoms with Gasteiger partial charge in [-0.2, -0.15) is 5.10 Å². The van der Waals surface area contributed by atoms with Gasteiger partial charge in [0.2, 0.25) is 5.13 Å². The molecule has 1 N–H and O–H groups in total. The molecule has 2 aromatic rings. The predicted molar refractivity (Wildman–Crippen MR) is 105 cm³/mol. The molecule has 0 radical (unpaired) electrons. The Kier molecular flexibility index (Phi) is 7.38. The Bertz CT molecular complexity index is 899. The van der Waals surface area contributed by atoms with Gasteiger partial charge >= 0.3 is 11.9 Å². The number of aromatic nitrogens is 1. The second kappa shape index (κ2) is 9.55. The fourth-order valence-corrected chi connectivity index (χ4v) is 2.77. The van der Waals surface area contributed by atoms with Gasteiger partial charge in [-0.05, 0) is 39.8 Å². The number of rotatable bonds is 7. The van der Waals surface area contributed by atoms with Gasteiger partial charge < -0.3 is 9.47 Å². The number of hydrogen-bond donors (Lipinski definition) is 1. The minimum atomic E-state index is -0.960. The molecule has 0 amide bonds. The van der Waals surface area contributed by atoms with Crippen LogP contribution >= 0.6 is 11.3 Å². The van der Waals surface area contributed by atoms with Crippen LogP contribution < -0.4 is 5.43 Å². The summed E-state index contributed by atoms with van der Waals surface area (Å²) >= 11 is 1.17. The Hall–Kier alpha value is -2.88. The summed E-state index contributed by atoms with van der Waals surface area (Å²) in [5, 5.41) is 5.74. The number of halogens is 2. The average Bonchev–Trinajstić information content (AvgIpc) is 3.03. The first-order valence-electron chi connectivity index (χ1n) is 8.70. The number of thiazole rings is 1. The van der Waals surface area contributed by atoms with E-state index in [1.807, 2.05) is 0 Å². The molecule has 10 heteroatoms. The van der Waals surface area contributed by atoms with Crippen LogP contribution in [0.25, 0.3) is 0 Å². The molecule has 0 saturated heterocycles. The number of ether oxygens (including phenoxy) is 2. The van der Waals surface area contributed by atoms with Crippen molar-refractivity contribution in [2.75, 3.05) is 12.0 Å². The quantitative estimate of drug-likeness (QED) is 0.411. The smallest absolute Gasteiger partial charge is 0.338 e. The van der Waals surface area contributed by atoms with Crippen molar-refractivity contribution in [3.63, 3.8) is 0 Å². The lowest BCUT2D eigenvalue weighted by Gasteiger charge is -2.19. The second-order valence-corrected chi connectivity index (χ2v) is 7.71. The molecule has 0 aliphatic rings. The molecule has 0 fully saturated rings. The highest BCUT2D eigenvalue weighted by atomic mass is 32.1. The first kappa shape index (κ1) is 22.4. The Labute approximate surface area is 170 Å². The maximum atomic E-state index is 14.2. The van der Waals surface area contributed by atoms with Crippen LogP contribution in [0.2, 0.25) is 0 Å². The van der Waals surface area contributed by atoms with Crippen molar-refractivity contribution < 1.29 is 27.8 Å². The van der Waals surface area contributed by atoms with Gasteiger partial charge in [0.05, 0.1) is 36.1 Å². The molecule has 0 spiro atoms.